The Morgan fingerprint density at radius 3 is 1.36 bits per heavy atom. The minimum Gasteiger partial charge on any atom is -0.303 e. The molecule has 0 aliphatic rings. The number of rotatable bonds is 15. The molecule has 6 nitrogen and oxygen atoms in total. The van der Waals surface area contributed by atoms with E-state index in [1.165, 1.54) is 77.0 Å². The summed E-state index contributed by atoms with van der Waals surface area (Å²) in [7, 11) is -0.329. The van der Waals surface area contributed by atoms with Gasteiger partial charge in [0, 0.05) is 0 Å². The van der Waals surface area contributed by atoms with Crippen LogP contribution in [-0.4, -0.2) is 46.6 Å². The third-order valence-electron chi connectivity index (χ3n) is 4.03. The first-order valence-electron chi connectivity index (χ1n) is 9.88. The van der Waals surface area contributed by atoms with Crippen LogP contribution in [-0.2, 0) is 9.40 Å². The summed E-state index contributed by atoms with van der Waals surface area (Å²) in [5.41, 5.74) is 0. The molecule has 0 aromatic heterocycles. The zero-order chi connectivity index (χ0) is 19.6. The van der Waals surface area contributed by atoms with Crippen LogP contribution < -0.4 is 0 Å². The van der Waals surface area contributed by atoms with Crippen molar-refractivity contribution in [2.24, 2.45) is 0 Å². The molecule has 0 unspecified atom stereocenters. The second-order valence-electron chi connectivity index (χ2n) is 7.12. The molecule has 0 spiro atoms. The first-order valence-corrected chi connectivity index (χ1v) is 11.4. The maximum absolute atomic E-state index is 8.88. The molecule has 154 valence electrons. The molecule has 7 heteroatoms. The summed E-state index contributed by atoms with van der Waals surface area (Å²) in [6.45, 7) is 6.31. The molecule has 0 aromatic carbocycles. The standard InChI is InChI=1S/C18H40NO.H3O4P/c1-5-7-8-9-10-11-12-13-14-15-16-17-18-19(3,4)20-6-2;1-5(2,3)4/h5-18H2,1-4H3;(H3,1,2,3,4)/q+1;. The van der Waals surface area contributed by atoms with Crippen LogP contribution >= 0.6 is 7.82 Å². The van der Waals surface area contributed by atoms with E-state index in [2.05, 4.69) is 27.9 Å². The van der Waals surface area contributed by atoms with Gasteiger partial charge in [-0.25, -0.2) is 9.40 Å². The van der Waals surface area contributed by atoms with Crippen LogP contribution in [0.4, 0.5) is 0 Å². The zero-order valence-electron chi connectivity index (χ0n) is 17.0. The van der Waals surface area contributed by atoms with E-state index in [0.717, 1.165) is 13.2 Å². The highest BCUT2D eigenvalue weighted by atomic mass is 31.2. The van der Waals surface area contributed by atoms with Crippen LogP contribution in [0.15, 0.2) is 0 Å². The smallest absolute Gasteiger partial charge is 0.303 e. The number of hydrogen-bond donors (Lipinski definition) is 3. The van der Waals surface area contributed by atoms with E-state index < -0.39 is 7.82 Å². The van der Waals surface area contributed by atoms with Crippen LogP contribution in [0.1, 0.15) is 90.9 Å². The van der Waals surface area contributed by atoms with Gasteiger partial charge in [0.1, 0.15) is 13.2 Å². The lowest BCUT2D eigenvalue weighted by Crippen LogP contribution is -2.40. The predicted molar refractivity (Wildman–Crippen MR) is 104 cm³/mol. The average molecular weight is 385 g/mol. The van der Waals surface area contributed by atoms with E-state index in [1.807, 2.05) is 0 Å². The Hall–Kier alpha value is 0.0300. The van der Waals surface area contributed by atoms with Gasteiger partial charge in [0.25, 0.3) is 0 Å². The van der Waals surface area contributed by atoms with Crippen LogP contribution in [0.25, 0.3) is 0 Å². The van der Waals surface area contributed by atoms with Crippen molar-refractivity contribution >= 4 is 7.82 Å². The lowest BCUT2D eigenvalue weighted by atomic mass is 10.1. The Kier molecular flexibility index (Phi) is 19.0. The summed E-state index contributed by atoms with van der Waals surface area (Å²) in [5.74, 6) is 0. The number of hydroxylamine groups is 3. The third-order valence-corrected chi connectivity index (χ3v) is 4.03. The third kappa shape index (κ3) is 32.2. The van der Waals surface area contributed by atoms with Crippen LogP contribution in [0.3, 0.4) is 0 Å². The van der Waals surface area contributed by atoms with Gasteiger partial charge in [-0.05, 0) is 19.8 Å². The van der Waals surface area contributed by atoms with Crippen molar-refractivity contribution in [3.8, 4) is 0 Å². The van der Waals surface area contributed by atoms with E-state index in [4.69, 9.17) is 24.1 Å². The van der Waals surface area contributed by atoms with Gasteiger partial charge in [0.2, 0.25) is 0 Å². The molecule has 0 aliphatic carbocycles. The molecule has 0 bridgehead atoms. The maximum atomic E-state index is 8.88. The van der Waals surface area contributed by atoms with Crippen molar-refractivity contribution in [2.45, 2.75) is 90.9 Å². The first-order chi connectivity index (χ1) is 11.6. The maximum Gasteiger partial charge on any atom is 0.466 e. The fourth-order valence-electron chi connectivity index (χ4n) is 2.75. The predicted octanol–water partition coefficient (Wildman–Crippen LogP) is 4.79. The number of hydrogen-bond acceptors (Lipinski definition) is 2. The molecule has 0 aliphatic heterocycles. The van der Waals surface area contributed by atoms with E-state index in [1.54, 1.807) is 0 Å². The van der Waals surface area contributed by atoms with Gasteiger partial charge >= 0.3 is 7.82 Å². The lowest BCUT2D eigenvalue weighted by molar-refractivity contribution is -1.08. The Morgan fingerprint density at radius 1 is 0.720 bits per heavy atom. The van der Waals surface area contributed by atoms with Crippen LogP contribution in [0.5, 0.6) is 0 Å². The molecule has 0 aromatic rings. The van der Waals surface area contributed by atoms with E-state index in [9.17, 15) is 0 Å². The van der Waals surface area contributed by atoms with Crippen molar-refractivity contribution in [3.05, 3.63) is 0 Å². The Bertz CT molecular complexity index is 312. The van der Waals surface area contributed by atoms with Gasteiger partial charge in [-0.3, -0.25) is 0 Å². The molecule has 25 heavy (non-hydrogen) atoms. The number of phosphoric acid groups is 1. The molecule has 0 atom stereocenters. The molecule has 0 saturated carbocycles. The summed E-state index contributed by atoms with van der Waals surface area (Å²) >= 11 is 0. The minimum atomic E-state index is -4.64. The summed E-state index contributed by atoms with van der Waals surface area (Å²) in [6.07, 6.45) is 17.0. The highest BCUT2D eigenvalue weighted by molar-refractivity contribution is 7.45. The van der Waals surface area contributed by atoms with Gasteiger partial charge in [-0.2, -0.15) is 4.65 Å². The monoisotopic (exact) mass is 384 g/mol. The van der Waals surface area contributed by atoms with Crippen molar-refractivity contribution in [2.75, 3.05) is 27.2 Å². The second-order valence-corrected chi connectivity index (χ2v) is 8.14. The number of nitrogens with zero attached hydrogens (tertiary/aromatic N) is 1. The van der Waals surface area contributed by atoms with Gasteiger partial charge in [0.05, 0.1) is 14.1 Å². The largest absolute Gasteiger partial charge is 0.466 e. The SMILES string of the molecule is CCCCCCCCCCCCCC[N+](C)(C)OCC.O=P(O)(O)O. The molecule has 0 amide bonds. The van der Waals surface area contributed by atoms with Gasteiger partial charge in [-0.1, -0.05) is 71.1 Å². The molecular formula is C18H43NO5P+. The fourth-order valence-corrected chi connectivity index (χ4v) is 2.75. The molecule has 0 rings (SSSR count). The Labute approximate surface area is 155 Å². The van der Waals surface area contributed by atoms with E-state index in [-0.39, 0.29) is 0 Å². The summed E-state index contributed by atoms with van der Waals surface area (Å²) in [4.78, 5) is 27.2. The van der Waals surface area contributed by atoms with Crippen molar-refractivity contribution < 1.29 is 28.7 Å². The highest BCUT2D eigenvalue weighted by Gasteiger charge is 2.14. The first kappa shape index (κ1) is 27.3. The van der Waals surface area contributed by atoms with E-state index >= 15 is 0 Å². The number of quaternary nitrogens is 1. The Morgan fingerprint density at radius 2 is 1.04 bits per heavy atom. The quantitative estimate of drug-likeness (QED) is 0.164. The average Bonchev–Trinajstić information content (AvgIpc) is 2.46. The minimum absolute atomic E-state index is 0.717. The summed E-state index contributed by atoms with van der Waals surface area (Å²) < 4.78 is 9.60. The van der Waals surface area contributed by atoms with Gasteiger partial charge < -0.3 is 14.7 Å². The normalized spacial score (nSPS) is 12.0. The second kappa shape index (κ2) is 17.4. The molecular weight excluding hydrogens is 341 g/mol. The molecule has 0 fully saturated rings. The van der Waals surface area contributed by atoms with E-state index in [0.29, 0.717) is 4.65 Å². The van der Waals surface area contributed by atoms with Crippen molar-refractivity contribution in [1.29, 1.82) is 0 Å². The van der Waals surface area contributed by atoms with Crippen LogP contribution in [0, 0.1) is 0 Å². The molecule has 0 radical (unpaired) electrons. The molecule has 3 N–H and O–H groups in total. The van der Waals surface area contributed by atoms with Gasteiger partial charge in [-0.15, -0.1) is 0 Å². The topological polar surface area (TPSA) is 87.0 Å². The highest BCUT2D eigenvalue weighted by Crippen LogP contribution is 2.25. The Balaban J connectivity index is 0. The molecule has 0 heterocycles. The zero-order valence-corrected chi connectivity index (χ0v) is 17.8. The fraction of sp³-hybridized carbons (Fsp3) is 1.00. The number of unbranched alkanes of at least 4 members (excludes halogenated alkanes) is 11. The molecule has 0 saturated heterocycles. The van der Waals surface area contributed by atoms with Crippen molar-refractivity contribution in [3.63, 3.8) is 0 Å². The van der Waals surface area contributed by atoms with Crippen LogP contribution in [0.2, 0.25) is 0 Å². The summed E-state index contributed by atoms with van der Waals surface area (Å²) in [5, 5.41) is 0. The van der Waals surface area contributed by atoms with Gasteiger partial charge in [0.15, 0.2) is 0 Å². The van der Waals surface area contributed by atoms with Crippen molar-refractivity contribution in [1.82, 2.24) is 0 Å². The lowest BCUT2D eigenvalue weighted by Gasteiger charge is -2.26. The summed E-state index contributed by atoms with van der Waals surface area (Å²) in [6, 6.07) is 0.